The molecule has 3 heterocycles. The number of benzene rings is 2. The molecule has 0 amide bonds. The predicted octanol–water partition coefficient (Wildman–Crippen LogP) is 3.11. The Bertz CT molecular complexity index is 1520. The van der Waals surface area contributed by atoms with Gasteiger partial charge in [0.2, 0.25) is 5.88 Å². The van der Waals surface area contributed by atoms with Crippen molar-refractivity contribution in [1.82, 2.24) is 19.2 Å². The second-order valence-electron chi connectivity index (χ2n) is 6.66. The van der Waals surface area contributed by atoms with E-state index < -0.39 is 4.92 Å². The van der Waals surface area contributed by atoms with E-state index in [1.54, 1.807) is 18.2 Å². The number of hydrogen-bond donors (Lipinski definition) is 1. The smallest absolute Gasteiger partial charge is 0.269 e. The molecule has 3 aromatic heterocycles. The molecule has 9 nitrogen and oxygen atoms in total. The van der Waals surface area contributed by atoms with Crippen molar-refractivity contribution in [3.05, 3.63) is 80.6 Å². The SMILES string of the molecule is Cc1cccc2c(=O)n(-c3ccc([N+](=O)[O-])cc3)c3c(nc4ccc(O)nn43)c12. The van der Waals surface area contributed by atoms with Gasteiger partial charge >= 0.3 is 0 Å². The minimum atomic E-state index is -0.500. The average molecular weight is 387 g/mol. The van der Waals surface area contributed by atoms with E-state index in [1.807, 2.05) is 13.0 Å². The van der Waals surface area contributed by atoms with Crippen LogP contribution in [-0.4, -0.2) is 29.2 Å². The number of rotatable bonds is 2. The molecule has 0 atom stereocenters. The summed E-state index contributed by atoms with van der Waals surface area (Å²) in [5.74, 6) is -0.218. The number of nitro benzene ring substituents is 1. The van der Waals surface area contributed by atoms with E-state index in [-0.39, 0.29) is 17.1 Å². The topological polar surface area (TPSA) is 116 Å². The lowest BCUT2D eigenvalue weighted by Gasteiger charge is -2.11. The van der Waals surface area contributed by atoms with Gasteiger partial charge in [-0.05, 0) is 36.8 Å². The number of hydrogen-bond acceptors (Lipinski definition) is 6. The number of imidazole rings is 1. The Labute approximate surface area is 162 Å². The molecule has 0 aliphatic carbocycles. The lowest BCUT2D eigenvalue weighted by atomic mass is 10.1. The summed E-state index contributed by atoms with van der Waals surface area (Å²) in [6, 6.07) is 14.1. The molecule has 0 fully saturated rings. The Morgan fingerprint density at radius 1 is 1.07 bits per heavy atom. The first-order valence-corrected chi connectivity index (χ1v) is 8.73. The molecular weight excluding hydrogens is 374 g/mol. The van der Waals surface area contributed by atoms with Crippen LogP contribution in [0.4, 0.5) is 5.69 Å². The lowest BCUT2D eigenvalue weighted by Crippen LogP contribution is -2.20. The summed E-state index contributed by atoms with van der Waals surface area (Å²) in [5.41, 5.74) is 2.31. The quantitative estimate of drug-likeness (QED) is 0.368. The zero-order chi connectivity index (χ0) is 20.3. The number of aromatic nitrogens is 4. The molecule has 142 valence electrons. The van der Waals surface area contributed by atoms with Crippen LogP contribution in [0.2, 0.25) is 0 Å². The normalized spacial score (nSPS) is 11.5. The molecule has 0 aliphatic heterocycles. The van der Waals surface area contributed by atoms with Gasteiger partial charge in [0.25, 0.3) is 11.2 Å². The van der Waals surface area contributed by atoms with Crippen LogP contribution < -0.4 is 5.56 Å². The van der Waals surface area contributed by atoms with Crippen LogP contribution in [0.25, 0.3) is 33.3 Å². The predicted molar refractivity (Wildman–Crippen MR) is 107 cm³/mol. The second-order valence-corrected chi connectivity index (χ2v) is 6.66. The van der Waals surface area contributed by atoms with Gasteiger partial charge in [-0.3, -0.25) is 19.5 Å². The fourth-order valence-electron chi connectivity index (χ4n) is 3.62. The lowest BCUT2D eigenvalue weighted by molar-refractivity contribution is -0.384. The molecule has 29 heavy (non-hydrogen) atoms. The molecule has 0 aliphatic rings. The molecule has 0 spiro atoms. The van der Waals surface area contributed by atoms with Crippen molar-refractivity contribution < 1.29 is 10.0 Å². The molecular formula is C20H13N5O4. The van der Waals surface area contributed by atoms with Crippen molar-refractivity contribution in [3.8, 4) is 11.6 Å². The van der Waals surface area contributed by atoms with E-state index in [2.05, 4.69) is 10.1 Å². The Kier molecular flexibility index (Phi) is 3.41. The van der Waals surface area contributed by atoms with Crippen molar-refractivity contribution >= 4 is 33.3 Å². The summed E-state index contributed by atoms with van der Waals surface area (Å²) < 4.78 is 2.81. The highest BCUT2D eigenvalue weighted by Crippen LogP contribution is 2.28. The summed E-state index contributed by atoms with van der Waals surface area (Å²) in [5, 5.41) is 26.2. The molecule has 5 aromatic rings. The minimum absolute atomic E-state index is 0.0800. The van der Waals surface area contributed by atoms with E-state index in [4.69, 9.17) is 0 Å². The van der Waals surface area contributed by atoms with Crippen molar-refractivity contribution in [2.24, 2.45) is 0 Å². The average Bonchev–Trinajstić information content (AvgIpc) is 3.07. The zero-order valence-electron chi connectivity index (χ0n) is 15.1. The summed E-state index contributed by atoms with van der Waals surface area (Å²) in [4.78, 5) is 28.6. The van der Waals surface area contributed by atoms with Gasteiger partial charge < -0.3 is 5.11 Å². The number of nitro groups is 1. The summed E-state index contributed by atoms with van der Waals surface area (Å²) >= 11 is 0. The molecule has 2 aromatic carbocycles. The highest BCUT2D eigenvalue weighted by atomic mass is 16.6. The Balaban J connectivity index is 2.02. The maximum atomic E-state index is 13.4. The summed E-state index contributed by atoms with van der Waals surface area (Å²) in [7, 11) is 0. The van der Waals surface area contributed by atoms with Crippen LogP contribution in [0.5, 0.6) is 5.88 Å². The number of aryl methyl sites for hydroxylation is 1. The van der Waals surface area contributed by atoms with Gasteiger partial charge in [0, 0.05) is 23.6 Å². The van der Waals surface area contributed by atoms with Gasteiger partial charge in [0.1, 0.15) is 5.52 Å². The highest BCUT2D eigenvalue weighted by Gasteiger charge is 2.20. The van der Waals surface area contributed by atoms with Gasteiger partial charge in [-0.1, -0.05) is 12.1 Å². The van der Waals surface area contributed by atoms with Gasteiger partial charge in [-0.2, -0.15) is 4.52 Å². The maximum absolute atomic E-state index is 13.4. The van der Waals surface area contributed by atoms with Crippen LogP contribution in [-0.2, 0) is 0 Å². The van der Waals surface area contributed by atoms with Gasteiger partial charge in [-0.15, -0.1) is 5.10 Å². The van der Waals surface area contributed by atoms with Crippen molar-refractivity contribution in [3.63, 3.8) is 0 Å². The van der Waals surface area contributed by atoms with E-state index >= 15 is 0 Å². The minimum Gasteiger partial charge on any atom is -0.492 e. The molecule has 0 bridgehead atoms. The third-order valence-electron chi connectivity index (χ3n) is 4.91. The monoisotopic (exact) mass is 387 g/mol. The van der Waals surface area contributed by atoms with Crippen LogP contribution in [0, 0.1) is 17.0 Å². The fourth-order valence-corrected chi connectivity index (χ4v) is 3.62. The number of non-ortho nitro benzene ring substituents is 1. The van der Waals surface area contributed by atoms with Crippen molar-refractivity contribution in [1.29, 1.82) is 0 Å². The molecule has 0 saturated carbocycles. The molecule has 1 N–H and O–H groups in total. The third-order valence-corrected chi connectivity index (χ3v) is 4.91. The first kappa shape index (κ1) is 16.9. The van der Waals surface area contributed by atoms with Crippen molar-refractivity contribution in [2.45, 2.75) is 6.92 Å². The highest BCUT2D eigenvalue weighted by molar-refractivity contribution is 6.06. The van der Waals surface area contributed by atoms with Gasteiger partial charge in [0.05, 0.1) is 16.0 Å². The molecule has 0 unspecified atom stereocenters. The van der Waals surface area contributed by atoms with E-state index in [0.717, 1.165) is 5.56 Å². The number of fused-ring (bicyclic) bond motifs is 5. The molecule has 9 heteroatoms. The zero-order valence-corrected chi connectivity index (χ0v) is 15.1. The van der Waals surface area contributed by atoms with Crippen LogP contribution >= 0.6 is 0 Å². The number of pyridine rings is 1. The number of nitrogens with zero attached hydrogens (tertiary/aromatic N) is 5. The van der Waals surface area contributed by atoms with Gasteiger partial charge in [-0.25, -0.2) is 4.98 Å². The fraction of sp³-hybridized carbons (Fsp3) is 0.0500. The standard InChI is InChI=1S/C20H13N5O4/c1-11-3-2-4-14-17(11)18-19(24-15(21-18)9-10-16(26)22-24)23(20(14)27)12-5-7-13(8-6-12)25(28)29/h2-10H,1H3,(H,22,26). The first-order chi connectivity index (χ1) is 14.0. The Morgan fingerprint density at radius 2 is 1.83 bits per heavy atom. The van der Waals surface area contributed by atoms with Crippen molar-refractivity contribution in [2.75, 3.05) is 0 Å². The largest absolute Gasteiger partial charge is 0.492 e. The molecule has 0 saturated heterocycles. The summed E-state index contributed by atoms with van der Waals surface area (Å²) in [6.07, 6.45) is 0. The van der Waals surface area contributed by atoms with E-state index in [9.17, 15) is 20.0 Å². The molecule has 5 rings (SSSR count). The van der Waals surface area contributed by atoms with Crippen LogP contribution in [0.1, 0.15) is 5.56 Å². The summed E-state index contributed by atoms with van der Waals surface area (Å²) in [6.45, 7) is 1.90. The Hall–Kier alpha value is -4.27. The van der Waals surface area contributed by atoms with E-state index in [0.29, 0.717) is 33.3 Å². The molecule has 0 radical (unpaired) electrons. The van der Waals surface area contributed by atoms with Gasteiger partial charge in [0.15, 0.2) is 11.3 Å². The van der Waals surface area contributed by atoms with E-state index in [1.165, 1.54) is 39.4 Å². The number of aromatic hydroxyl groups is 1. The van der Waals surface area contributed by atoms with Crippen LogP contribution in [0.3, 0.4) is 0 Å². The Morgan fingerprint density at radius 3 is 2.55 bits per heavy atom. The maximum Gasteiger partial charge on any atom is 0.269 e. The first-order valence-electron chi connectivity index (χ1n) is 8.73. The van der Waals surface area contributed by atoms with Crippen LogP contribution in [0.15, 0.2) is 59.4 Å². The second kappa shape index (κ2) is 5.86. The third kappa shape index (κ3) is 2.37.